The highest BCUT2D eigenvalue weighted by molar-refractivity contribution is 7.99. The van der Waals surface area contributed by atoms with Crippen LogP contribution >= 0.6 is 11.8 Å². The Bertz CT molecular complexity index is 423. The van der Waals surface area contributed by atoms with E-state index in [4.69, 9.17) is 5.73 Å². The number of primary amides is 1. The molecule has 2 rings (SSSR count). The molecule has 0 bridgehead atoms. The van der Waals surface area contributed by atoms with Gasteiger partial charge in [-0.3, -0.25) is 4.79 Å². The molecule has 6 heteroatoms. The van der Waals surface area contributed by atoms with E-state index in [1.54, 1.807) is 18.0 Å². The van der Waals surface area contributed by atoms with Crippen LogP contribution in [0.25, 0.3) is 0 Å². The van der Waals surface area contributed by atoms with Gasteiger partial charge in [0, 0.05) is 18.1 Å². The average Bonchev–Trinajstić information content (AvgIpc) is 3.06. The second-order valence-electron chi connectivity index (χ2n) is 5.38. The summed E-state index contributed by atoms with van der Waals surface area (Å²) < 4.78 is 0. The first kappa shape index (κ1) is 15.4. The maximum Gasteiger partial charge on any atom is 0.238 e. The van der Waals surface area contributed by atoms with Gasteiger partial charge in [-0.25, -0.2) is 4.98 Å². The van der Waals surface area contributed by atoms with Gasteiger partial charge in [-0.15, -0.1) is 0 Å². The number of imidazole rings is 1. The second kappa shape index (κ2) is 7.13. The van der Waals surface area contributed by atoms with E-state index in [9.17, 15) is 4.79 Å². The topological polar surface area (TPSA) is 83.8 Å². The fourth-order valence-corrected chi connectivity index (χ4v) is 3.97. The Balaban J connectivity index is 1.92. The monoisotopic (exact) mass is 296 g/mol. The van der Waals surface area contributed by atoms with Crippen LogP contribution in [0.3, 0.4) is 0 Å². The number of carbonyl (C=O) groups is 1. The Morgan fingerprint density at radius 1 is 1.70 bits per heavy atom. The van der Waals surface area contributed by atoms with Crippen molar-refractivity contribution in [2.24, 2.45) is 11.7 Å². The van der Waals surface area contributed by atoms with Crippen LogP contribution in [-0.2, 0) is 4.79 Å². The van der Waals surface area contributed by atoms with Crippen LogP contribution in [0.4, 0.5) is 0 Å². The minimum absolute atomic E-state index is 0.184. The highest BCUT2D eigenvalue weighted by atomic mass is 32.2. The molecule has 0 spiro atoms. The molecule has 20 heavy (non-hydrogen) atoms. The molecule has 4 N–H and O–H groups in total. The Hall–Kier alpha value is -1.01. The molecule has 112 valence electrons. The van der Waals surface area contributed by atoms with Crippen LogP contribution < -0.4 is 11.1 Å². The zero-order chi connectivity index (χ0) is 14.4. The summed E-state index contributed by atoms with van der Waals surface area (Å²) in [5, 5.41) is 4.37. The summed E-state index contributed by atoms with van der Waals surface area (Å²) in [6.45, 7) is 2.96. The first-order chi connectivity index (χ1) is 9.69. The van der Waals surface area contributed by atoms with Crippen LogP contribution in [0.1, 0.15) is 39.0 Å². The molecule has 2 unspecified atom stereocenters. The normalized spacial score (nSPS) is 25.9. The molecule has 1 aromatic rings. The third-order valence-corrected chi connectivity index (χ3v) is 5.07. The maximum atomic E-state index is 12.0. The molecule has 1 fully saturated rings. The first-order valence-corrected chi connectivity index (χ1v) is 8.34. The zero-order valence-corrected chi connectivity index (χ0v) is 12.8. The number of carbonyl (C=O) groups excluding carboxylic acids is 1. The molecule has 0 aromatic carbocycles. The summed E-state index contributed by atoms with van der Waals surface area (Å²) >= 11 is 1.70. The third kappa shape index (κ3) is 3.35. The molecule has 1 aliphatic rings. The predicted octanol–water partition coefficient (Wildman–Crippen LogP) is 1.92. The quantitative estimate of drug-likeness (QED) is 0.640. The highest BCUT2D eigenvalue weighted by Crippen LogP contribution is 2.38. The van der Waals surface area contributed by atoms with Gasteiger partial charge < -0.3 is 16.0 Å². The van der Waals surface area contributed by atoms with E-state index in [1.165, 1.54) is 0 Å². The lowest BCUT2D eigenvalue weighted by molar-refractivity contribution is -0.126. The van der Waals surface area contributed by atoms with Gasteiger partial charge in [0.1, 0.15) is 5.54 Å². The van der Waals surface area contributed by atoms with Crippen molar-refractivity contribution < 1.29 is 4.79 Å². The largest absolute Gasteiger partial charge is 0.368 e. The van der Waals surface area contributed by atoms with E-state index in [2.05, 4.69) is 22.2 Å². The standard InChI is InChI=1S/C14H24N4OS/c1-2-7-18-14(12(15)19)6-3-4-11(14)5-10-20-13-16-8-9-17-13/h8-9,11,18H,2-7,10H2,1H3,(H2,15,19)(H,16,17). The highest BCUT2D eigenvalue weighted by Gasteiger charge is 2.46. The molecule has 0 aliphatic heterocycles. The van der Waals surface area contributed by atoms with E-state index in [-0.39, 0.29) is 5.91 Å². The Labute approximate surface area is 124 Å². The third-order valence-electron chi connectivity index (χ3n) is 4.13. The maximum absolute atomic E-state index is 12.0. The second-order valence-corrected chi connectivity index (χ2v) is 6.47. The van der Waals surface area contributed by atoms with Gasteiger partial charge in [-0.2, -0.15) is 0 Å². The smallest absolute Gasteiger partial charge is 0.238 e. The lowest BCUT2D eigenvalue weighted by atomic mass is 9.84. The minimum Gasteiger partial charge on any atom is -0.368 e. The van der Waals surface area contributed by atoms with Crippen molar-refractivity contribution in [3.8, 4) is 0 Å². The number of hydrogen-bond acceptors (Lipinski definition) is 4. The lowest BCUT2D eigenvalue weighted by Crippen LogP contribution is -2.58. The minimum atomic E-state index is -0.486. The number of thioether (sulfide) groups is 1. The van der Waals surface area contributed by atoms with Crippen molar-refractivity contribution in [2.45, 2.75) is 49.7 Å². The van der Waals surface area contributed by atoms with Crippen LogP contribution in [0.5, 0.6) is 0 Å². The number of rotatable bonds is 8. The Kier molecular flexibility index (Phi) is 5.48. The number of nitrogens with one attached hydrogen (secondary N) is 2. The average molecular weight is 296 g/mol. The van der Waals surface area contributed by atoms with E-state index < -0.39 is 5.54 Å². The summed E-state index contributed by atoms with van der Waals surface area (Å²) in [4.78, 5) is 19.3. The Morgan fingerprint density at radius 2 is 2.55 bits per heavy atom. The summed E-state index contributed by atoms with van der Waals surface area (Å²) in [5.74, 6) is 1.12. The fraction of sp³-hybridized carbons (Fsp3) is 0.714. The molecule has 0 saturated heterocycles. The van der Waals surface area contributed by atoms with E-state index >= 15 is 0 Å². The van der Waals surface area contributed by atoms with Gasteiger partial charge >= 0.3 is 0 Å². The number of hydrogen-bond donors (Lipinski definition) is 3. The van der Waals surface area contributed by atoms with E-state index in [1.807, 2.05) is 6.20 Å². The van der Waals surface area contributed by atoms with Crippen molar-refractivity contribution in [2.75, 3.05) is 12.3 Å². The molecule has 1 aromatic heterocycles. The fourth-order valence-electron chi connectivity index (χ4n) is 3.09. The number of H-pyrrole nitrogens is 1. The summed E-state index contributed by atoms with van der Waals surface area (Å²) in [7, 11) is 0. The number of aromatic amines is 1. The first-order valence-electron chi connectivity index (χ1n) is 7.36. The van der Waals surface area contributed by atoms with Gasteiger partial charge in [0.25, 0.3) is 0 Å². The molecule has 1 aliphatic carbocycles. The van der Waals surface area contributed by atoms with Crippen molar-refractivity contribution in [1.29, 1.82) is 0 Å². The number of amides is 1. The summed E-state index contributed by atoms with van der Waals surface area (Å²) in [6, 6.07) is 0. The molecule has 2 atom stereocenters. The number of aromatic nitrogens is 2. The zero-order valence-electron chi connectivity index (χ0n) is 12.0. The van der Waals surface area contributed by atoms with Gasteiger partial charge in [0.15, 0.2) is 5.16 Å². The molecule has 5 nitrogen and oxygen atoms in total. The van der Waals surface area contributed by atoms with Crippen molar-refractivity contribution in [1.82, 2.24) is 15.3 Å². The van der Waals surface area contributed by atoms with Crippen LogP contribution in [-0.4, -0.2) is 33.7 Å². The number of nitrogens with zero attached hydrogens (tertiary/aromatic N) is 1. The molecule has 1 heterocycles. The molecule has 1 saturated carbocycles. The van der Waals surface area contributed by atoms with E-state index in [0.717, 1.165) is 49.6 Å². The summed E-state index contributed by atoms with van der Waals surface area (Å²) in [5.41, 5.74) is 5.22. The Morgan fingerprint density at radius 3 is 3.20 bits per heavy atom. The molecule has 0 radical (unpaired) electrons. The van der Waals surface area contributed by atoms with E-state index in [0.29, 0.717) is 5.92 Å². The number of nitrogens with two attached hydrogens (primary N) is 1. The molecular formula is C14H24N4OS. The van der Waals surface area contributed by atoms with Crippen molar-refractivity contribution in [3.05, 3.63) is 12.4 Å². The van der Waals surface area contributed by atoms with Crippen LogP contribution in [0.2, 0.25) is 0 Å². The van der Waals surface area contributed by atoms with Gasteiger partial charge in [0.05, 0.1) is 0 Å². The van der Waals surface area contributed by atoms with Crippen LogP contribution in [0.15, 0.2) is 17.6 Å². The van der Waals surface area contributed by atoms with Gasteiger partial charge in [0.2, 0.25) is 5.91 Å². The van der Waals surface area contributed by atoms with Gasteiger partial charge in [-0.05, 0) is 38.1 Å². The lowest BCUT2D eigenvalue weighted by Gasteiger charge is -2.33. The van der Waals surface area contributed by atoms with Gasteiger partial charge in [-0.1, -0.05) is 25.1 Å². The van der Waals surface area contributed by atoms with Crippen molar-refractivity contribution >= 4 is 17.7 Å². The summed E-state index contributed by atoms with van der Waals surface area (Å²) in [6.07, 6.45) is 8.63. The molecular weight excluding hydrogens is 272 g/mol. The molecule has 1 amide bonds. The van der Waals surface area contributed by atoms with Crippen LogP contribution in [0, 0.1) is 5.92 Å². The van der Waals surface area contributed by atoms with Crippen molar-refractivity contribution in [3.63, 3.8) is 0 Å². The predicted molar refractivity (Wildman–Crippen MR) is 81.5 cm³/mol. The SMILES string of the molecule is CCCNC1(C(N)=O)CCCC1CCSc1ncc[nH]1.